The number of hydrogen-bond acceptors (Lipinski definition) is 3. The van der Waals surface area contributed by atoms with Gasteiger partial charge >= 0.3 is 5.97 Å². The zero-order chi connectivity index (χ0) is 15.6. The van der Waals surface area contributed by atoms with Crippen molar-refractivity contribution in [3.8, 4) is 0 Å². The summed E-state index contributed by atoms with van der Waals surface area (Å²) in [6.45, 7) is 11.1. The van der Waals surface area contributed by atoms with E-state index in [0.717, 1.165) is 25.9 Å². The predicted octanol–water partition coefficient (Wildman–Crippen LogP) is 1.63. The van der Waals surface area contributed by atoms with Crippen molar-refractivity contribution in [2.45, 2.75) is 53.5 Å². The van der Waals surface area contributed by atoms with Crippen LogP contribution in [0.3, 0.4) is 0 Å². The van der Waals surface area contributed by atoms with Gasteiger partial charge in [0.1, 0.15) is 6.04 Å². The first-order valence-electron chi connectivity index (χ1n) is 7.31. The van der Waals surface area contributed by atoms with Crippen molar-refractivity contribution in [1.82, 2.24) is 10.6 Å². The zero-order valence-corrected chi connectivity index (χ0v) is 13.2. The number of piperidine rings is 1. The Morgan fingerprint density at radius 1 is 1.25 bits per heavy atom. The monoisotopic (exact) mass is 284 g/mol. The van der Waals surface area contributed by atoms with Gasteiger partial charge in [0.15, 0.2) is 0 Å². The molecule has 1 saturated heterocycles. The summed E-state index contributed by atoms with van der Waals surface area (Å²) < 4.78 is 0. The average molecular weight is 284 g/mol. The molecule has 0 aromatic heterocycles. The molecule has 0 saturated carbocycles. The first-order chi connectivity index (χ1) is 9.06. The van der Waals surface area contributed by atoms with Crippen molar-refractivity contribution in [2.75, 3.05) is 13.1 Å². The van der Waals surface area contributed by atoms with E-state index in [1.165, 1.54) is 0 Å². The summed E-state index contributed by atoms with van der Waals surface area (Å²) in [6.07, 6.45) is 2.06. The van der Waals surface area contributed by atoms with Crippen LogP contribution in [0.15, 0.2) is 0 Å². The van der Waals surface area contributed by atoms with Gasteiger partial charge < -0.3 is 15.7 Å². The maximum absolute atomic E-state index is 12.5. The van der Waals surface area contributed by atoms with Gasteiger partial charge in [0.05, 0.1) is 0 Å². The summed E-state index contributed by atoms with van der Waals surface area (Å²) in [5.74, 6) is -0.914. The van der Waals surface area contributed by atoms with Crippen molar-refractivity contribution in [1.29, 1.82) is 0 Å². The Hall–Kier alpha value is -1.10. The predicted molar refractivity (Wildman–Crippen MR) is 78.4 cm³/mol. The molecule has 5 heteroatoms. The van der Waals surface area contributed by atoms with Crippen LogP contribution < -0.4 is 10.6 Å². The zero-order valence-electron chi connectivity index (χ0n) is 13.2. The Morgan fingerprint density at radius 3 is 2.25 bits per heavy atom. The van der Waals surface area contributed by atoms with Crippen LogP contribution in [0.5, 0.6) is 0 Å². The lowest BCUT2D eigenvalue weighted by molar-refractivity contribution is -0.147. The molecule has 0 bridgehead atoms. The van der Waals surface area contributed by atoms with Gasteiger partial charge in [-0.05, 0) is 37.3 Å². The van der Waals surface area contributed by atoms with Crippen molar-refractivity contribution < 1.29 is 14.7 Å². The van der Waals surface area contributed by atoms with Gasteiger partial charge in [-0.25, -0.2) is 4.79 Å². The maximum Gasteiger partial charge on any atom is 0.326 e. The topological polar surface area (TPSA) is 78.4 Å². The quantitative estimate of drug-likeness (QED) is 0.733. The van der Waals surface area contributed by atoms with Gasteiger partial charge in [0, 0.05) is 5.41 Å². The van der Waals surface area contributed by atoms with Crippen molar-refractivity contribution in [2.24, 2.45) is 16.7 Å². The molecule has 1 fully saturated rings. The molecule has 0 radical (unpaired) electrons. The largest absolute Gasteiger partial charge is 0.480 e. The van der Waals surface area contributed by atoms with E-state index < -0.39 is 22.8 Å². The number of rotatable bonds is 4. The van der Waals surface area contributed by atoms with Crippen LogP contribution in [0.25, 0.3) is 0 Å². The van der Waals surface area contributed by atoms with E-state index in [-0.39, 0.29) is 11.8 Å². The van der Waals surface area contributed by atoms with Crippen LogP contribution in [0.2, 0.25) is 0 Å². The molecule has 1 aliphatic rings. The lowest BCUT2D eigenvalue weighted by Gasteiger charge is -2.38. The SMILES string of the molecule is CC(C)(C(=O)N[C@@H](C(=O)O)C(C)(C)C)C1CCCNC1. The minimum absolute atomic E-state index is 0.173. The van der Waals surface area contributed by atoms with Gasteiger partial charge in [-0.2, -0.15) is 0 Å². The molecule has 0 spiro atoms. The Kier molecular flexibility index (Phi) is 5.19. The summed E-state index contributed by atoms with van der Waals surface area (Å²) in [5, 5.41) is 15.3. The molecule has 0 aliphatic carbocycles. The lowest BCUT2D eigenvalue weighted by Crippen LogP contribution is -2.55. The Morgan fingerprint density at radius 2 is 1.85 bits per heavy atom. The highest BCUT2D eigenvalue weighted by Crippen LogP contribution is 2.32. The number of carboxylic acids is 1. The van der Waals surface area contributed by atoms with Gasteiger partial charge in [-0.1, -0.05) is 34.6 Å². The van der Waals surface area contributed by atoms with Crippen molar-refractivity contribution in [3.05, 3.63) is 0 Å². The van der Waals surface area contributed by atoms with Gasteiger partial charge in [0.2, 0.25) is 5.91 Å². The molecule has 1 heterocycles. The molecule has 5 nitrogen and oxygen atoms in total. The molecular formula is C15H28N2O3. The van der Waals surface area contributed by atoms with E-state index in [0.29, 0.717) is 0 Å². The molecule has 20 heavy (non-hydrogen) atoms. The summed E-state index contributed by atoms with van der Waals surface area (Å²) in [6, 6.07) is -0.870. The molecule has 1 amide bonds. The van der Waals surface area contributed by atoms with E-state index in [4.69, 9.17) is 0 Å². The number of hydrogen-bond donors (Lipinski definition) is 3. The first-order valence-corrected chi connectivity index (χ1v) is 7.31. The molecule has 116 valence electrons. The van der Waals surface area contributed by atoms with E-state index >= 15 is 0 Å². The highest BCUT2D eigenvalue weighted by atomic mass is 16.4. The van der Waals surface area contributed by atoms with Crippen LogP contribution in [-0.4, -0.2) is 36.1 Å². The highest BCUT2D eigenvalue weighted by Gasteiger charge is 2.41. The Bertz CT molecular complexity index is 366. The number of carbonyl (C=O) groups excluding carboxylic acids is 1. The third-order valence-electron chi connectivity index (χ3n) is 4.29. The fourth-order valence-corrected chi connectivity index (χ4v) is 2.62. The molecule has 0 aromatic carbocycles. The summed E-state index contributed by atoms with van der Waals surface area (Å²) in [5.41, 5.74) is -1.07. The minimum Gasteiger partial charge on any atom is -0.480 e. The second kappa shape index (κ2) is 6.12. The molecule has 0 aromatic rings. The standard InChI is InChI=1S/C15H28N2O3/c1-14(2,3)11(12(18)19)17-13(20)15(4,5)10-7-6-8-16-9-10/h10-11,16H,6-9H2,1-5H3,(H,17,20)(H,18,19)/t10?,11-/m0/s1. The third kappa shape index (κ3) is 3.95. The molecule has 1 unspecified atom stereocenters. The Labute approximate surface area is 121 Å². The van der Waals surface area contributed by atoms with Gasteiger partial charge in [0.25, 0.3) is 0 Å². The molecule has 3 N–H and O–H groups in total. The van der Waals surface area contributed by atoms with Crippen LogP contribution in [-0.2, 0) is 9.59 Å². The fraction of sp³-hybridized carbons (Fsp3) is 0.867. The first kappa shape index (κ1) is 17.0. The van der Waals surface area contributed by atoms with E-state index in [1.807, 2.05) is 34.6 Å². The summed E-state index contributed by atoms with van der Waals surface area (Å²) in [7, 11) is 0. The summed E-state index contributed by atoms with van der Waals surface area (Å²) in [4.78, 5) is 23.9. The van der Waals surface area contributed by atoms with E-state index in [9.17, 15) is 14.7 Å². The number of amides is 1. The molecule has 1 rings (SSSR count). The number of carboxylic acid groups (broad SMARTS) is 1. The number of aliphatic carboxylic acids is 1. The van der Waals surface area contributed by atoms with Crippen LogP contribution in [0.4, 0.5) is 0 Å². The highest BCUT2D eigenvalue weighted by molar-refractivity contribution is 5.87. The lowest BCUT2D eigenvalue weighted by atomic mass is 9.73. The smallest absolute Gasteiger partial charge is 0.326 e. The van der Waals surface area contributed by atoms with Crippen LogP contribution >= 0.6 is 0 Å². The third-order valence-corrected chi connectivity index (χ3v) is 4.29. The normalized spacial score (nSPS) is 22.1. The van der Waals surface area contributed by atoms with E-state index in [2.05, 4.69) is 10.6 Å². The second-order valence-electron chi connectivity index (χ2n) is 7.38. The number of nitrogens with one attached hydrogen (secondary N) is 2. The van der Waals surface area contributed by atoms with Crippen molar-refractivity contribution in [3.63, 3.8) is 0 Å². The second-order valence-corrected chi connectivity index (χ2v) is 7.38. The molecule has 1 aliphatic heterocycles. The Balaban J connectivity index is 2.79. The average Bonchev–Trinajstić information content (AvgIpc) is 2.34. The molecular weight excluding hydrogens is 256 g/mol. The van der Waals surface area contributed by atoms with Gasteiger partial charge in [-0.3, -0.25) is 4.79 Å². The van der Waals surface area contributed by atoms with Gasteiger partial charge in [-0.15, -0.1) is 0 Å². The number of carbonyl (C=O) groups is 2. The molecule has 2 atom stereocenters. The van der Waals surface area contributed by atoms with Crippen LogP contribution in [0.1, 0.15) is 47.5 Å². The van der Waals surface area contributed by atoms with Crippen LogP contribution in [0, 0.1) is 16.7 Å². The summed E-state index contributed by atoms with van der Waals surface area (Å²) >= 11 is 0. The minimum atomic E-state index is -0.983. The fourth-order valence-electron chi connectivity index (χ4n) is 2.62. The van der Waals surface area contributed by atoms with E-state index in [1.54, 1.807) is 0 Å². The van der Waals surface area contributed by atoms with Crippen molar-refractivity contribution >= 4 is 11.9 Å². The maximum atomic E-state index is 12.5.